The van der Waals surface area contributed by atoms with Crippen LogP contribution in [0.25, 0.3) is 0 Å². The zero-order chi connectivity index (χ0) is 17.8. The molecule has 0 atom stereocenters. The molecular weight excluding hydrogens is 334 g/mol. The van der Waals surface area contributed by atoms with E-state index in [4.69, 9.17) is 9.47 Å². The predicted molar refractivity (Wildman–Crippen MR) is 105 cm³/mol. The number of rotatable bonds is 11. The number of ether oxygens (including phenoxy) is 2. The first-order chi connectivity index (χ1) is 12.3. The minimum absolute atomic E-state index is 0.240. The molecule has 1 spiro atoms. The van der Waals surface area contributed by atoms with Gasteiger partial charge in [0.2, 0.25) is 0 Å². The van der Waals surface area contributed by atoms with E-state index in [1.54, 1.807) is 0 Å². The molecule has 0 aromatic heterocycles. The first-order valence-corrected chi connectivity index (χ1v) is 11.4. The first kappa shape index (κ1) is 21.0. The van der Waals surface area contributed by atoms with Crippen molar-refractivity contribution in [3.05, 3.63) is 0 Å². The van der Waals surface area contributed by atoms with Crippen molar-refractivity contribution in [3.8, 4) is 0 Å². The van der Waals surface area contributed by atoms with Crippen LogP contribution in [0.4, 0.5) is 4.79 Å². The average Bonchev–Trinajstić information content (AvgIpc) is 3.08. The molecule has 2 aliphatic heterocycles. The molecule has 4 nitrogen and oxygen atoms in total. The van der Waals surface area contributed by atoms with Gasteiger partial charge >= 0.3 is 0 Å². The topological polar surface area (TPSA) is 38.8 Å². The van der Waals surface area contributed by atoms with Crippen LogP contribution in [0.5, 0.6) is 0 Å². The van der Waals surface area contributed by atoms with Gasteiger partial charge in [0.15, 0.2) is 5.79 Å². The smallest absolute Gasteiger partial charge is 0.281 e. The van der Waals surface area contributed by atoms with Crippen molar-refractivity contribution in [3.63, 3.8) is 0 Å². The number of likely N-dealkylation sites (tertiary alicyclic amines) is 1. The van der Waals surface area contributed by atoms with Gasteiger partial charge in [-0.15, -0.1) is 0 Å². The van der Waals surface area contributed by atoms with E-state index in [2.05, 4.69) is 6.92 Å². The van der Waals surface area contributed by atoms with Gasteiger partial charge in [0, 0.05) is 31.7 Å². The Labute approximate surface area is 158 Å². The van der Waals surface area contributed by atoms with Crippen molar-refractivity contribution in [2.24, 2.45) is 0 Å². The molecule has 2 aliphatic rings. The summed E-state index contributed by atoms with van der Waals surface area (Å²) < 4.78 is 11.4. The van der Waals surface area contributed by atoms with E-state index in [1.165, 1.54) is 69.5 Å². The molecular formula is C20H37NO3S. The minimum atomic E-state index is -0.377. The maximum absolute atomic E-state index is 12.3. The predicted octanol–water partition coefficient (Wildman–Crippen LogP) is 5.60. The number of carbonyl (C=O) groups is 1. The van der Waals surface area contributed by atoms with Crippen LogP contribution in [0.1, 0.15) is 84.0 Å². The molecule has 146 valence electrons. The molecule has 25 heavy (non-hydrogen) atoms. The Morgan fingerprint density at radius 2 is 1.40 bits per heavy atom. The maximum Gasteiger partial charge on any atom is 0.281 e. The highest BCUT2D eigenvalue weighted by Crippen LogP contribution is 2.32. The molecule has 2 heterocycles. The zero-order valence-electron chi connectivity index (χ0n) is 16.1. The highest BCUT2D eigenvalue weighted by atomic mass is 32.2. The molecule has 5 heteroatoms. The molecule has 2 fully saturated rings. The zero-order valence-corrected chi connectivity index (χ0v) is 16.9. The van der Waals surface area contributed by atoms with Crippen LogP contribution in [-0.2, 0) is 9.47 Å². The van der Waals surface area contributed by atoms with Gasteiger partial charge in [-0.2, -0.15) is 0 Å². The summed E-state index contributed by atoms with van der Waals surface area (Å²) in [6, 6.07) is 0. The number of piperidine rings is 1. The highest BCUT2D eigenvalue weighted by molar-refractivity contribution is 8.13. The number of hydrogen-bond donors (Lipinski definition) is 0. The second kappa shape index (κ2) is 12.2. The Morgan fingerprint density at radius 3 is 1.96 bits per heavy atom. The lowest BCUT2D eigenvalue weighted by Gasteiger charge is -2.37. The van der Waals surface area contributed by atoms with Gasteiger partial charge in [-0.1, -0.05) is 76.5 Å². The Hall–Kier alpha value is -0.260. The fourth-order valence-electron chi connectivity index (χ4n) is 3.66. The van der Waals surface area contributed by atoms with Gasteiger partial charge in [-0.3, -0.25) is 4.79 Å². The Morgan fingerprint density at radius 1 is 0.880 bits per heavy atom. The van der Waals surface area contributed by atoms with Crippen molar-refractivity contribution in [2.75, 3.05) is 32.1 Å². The average molecular weight is 372 g/mol. The standard InChI is InChI=1S/C20H37NO3S/c1-2-3-4-5-6-7-8-9-10-11-18-25-19(22)21-14-12-20(13-15-21)23-16-17-24-20/h2-18H2,1H3. The van der Waals surface area contributed by atoms with E-state index in [0.717, 1.165) is 38.1 Å². The normalized spacial score (nSPS) is 19.6. The summed E-state index contributed by atoms with van der Waals surface area (Å²) in [5, 5.41) is 0.240. The Balaban J connectivity index is 1.40. The SMILES string of the molecule is CCCCCCCCCCCCSC(=O)N1CCC2(CC1)OCCO2. The third-order valence-corrected chi connectivity index (χ3v) is 6.32. The summed E-state index contributed by atoms with van der Waals surface area (Å²) in [5.74, 6) is 0.585. The maximum atomic E-state index is 12.3. The summed E-state index contributed by atoms with van der Waals surface area (Å²) in [7, 11) is 0. The Kier molecular flexibility index (Phi) is 10.3. The van der Waals surface area contributed by atoms with Crippen LogP contribution < -0.4 is 0 Å². The van der Waals surface area contributed by atoms with Crippen LogP contribution in [-0.4, -0.2) is 48.0 Å². The van der Waals surface area contributed by atoms with Gasteiger partial charge in [0.05, 0.1) is 13.2 Å². The quantitative estimate of drug-likeness (QED) is 0.443. The van der Waals surface area contributed by atoms with E-state index in [9.17, 15) is 4.79 Å². The molecule has 0 bridgehead atoms. The number of thioether (sulfide) groups is 1. The van der Waals surface area contributed by atoms with Crippen LogP contribution in [0.3, 0.4) is 0 Å². The molecule has 0 radical (unpaired) electrons. The van der Waals surface area contributed by atoms with Crippen molar-refractivity contribution in [1.29, 1.82) is 0 Å². The van der Waals surface area contributed by atoms with E-state index in [1.807, 2.05) is 4.90 Å². The first-order valence-electron chi connectivity index (χ1n) is 10.5. The van der Waals surface area contributed by atoms with Crippen LogP contribution in [0, 0.1) is 0 Å². The largest absolute Gasteiger partial charge is 0.347 e. The van der Waals surface area contributed by atoms with Gasteiger partial charge in [0.1, 0.15) is 0 Å². The molecule has 0 aromatic rings. The second-order valence-corrected chi connectivity index (χ2v) is 8.44. The lowest BCUT2D eigenvalue weighted by Crippen LogP contribution is -2.46. The van der Waals surface area contributed by atoms with Crippen molar-refractivity contribution >= 4 is 17.0 Å². The summed E-state index contributed by atoms with van der Waals surface area (Å²) in [4.78, 5) is 14.2. The van der Waals surface area contributed by atoms with Gasteiger partial charge in [0.25, 0.3) is 5.24 Å². The van der Waals surface area contributed by atoms with Crippen molar-refractivity contribution < 1.29 is 14.3 Å². The molecule has 0 unspecified atom stereocenters. The van der Waals surface area contributed by atoms with Crippen LogP contribution in [0.2, 0.25) is 0 Å². The third kappa shape index (κ3) is 7.88. The van der Waals surface area contributed by atoms with Gasteiger partial charge in [-0.05, 0) is 6.42 Å². The summed E-state index contributed by atoms with van der Waals surface area (Å²) in [5.41, 5.74) is 0. The molecule has 0 aliphatic carbocycles. The van der Waals surface area contributed by atoms with Gasteiger partial charge in [-0.25, -0.2) is 0 Å². The fourth-order valence-corrected chi connectivity index (χ4v) is 4.54. The monoisotopic (exact) mass is 371 g/mol. The van der Waals surface area contributed by atoms with Crippen LogP contribution in [0.15, 0.2) is 0 Å². The number of carbonyl (C=O) groups excluding carboxylic acids is 1. The lowest BCUT2D eigenvalue weighted by molar-refractivity contribution is -0.180. The van der Waals surface area contributed by atoms with Crippen molar-refractivity contribution in [2.45, 2.75) is 89.8 Å². The molecule has 0 aromatic carbocycles. The molecule has 2 saturated heterocycles. The number of hydrogen-bond acceptors (Lipinski definition) is 4. The van der Waals surface area contributed by atoms with Gasteiger partial charge < -0.3 is 14.4 Å². The molecule has 0 saturated carbocycles. The molecule has 0 N–H and O–H groups in total. The number of nitrogens with zero attached hydrogens (tertiary/aromatic N) is 1. The minimum Gasteiger partial charge on any atom is -0.347 e. The Bertz CT molecular complexity index is 362. The second-order valence-electron chi connectivity index (χ2n) is 7.39. The summed E-state index contributed by atoms with van der Waals surface area (Å²) >= 11 is 1.50. The van der Waals surface area contributed by atoms with E-state index in [0.29, 0.717) is 13.2 Å². The molecule has 2 rings (SSSR count). The van der Waals surface area contributed by atoms with E-state index >= 15 is 0 Å². The lowest BCUT2D eigenvalue weighted by atomic mass is 10.0. The fraction of sp³-hybridized carbons (Fsp3) is 0.950. The molecule has 1 amide bonds. The third-order valence-electron chi connectivity index (χ3n) is 5.32. The van der Waals surface area contributed by atoms with E-state index < -0.39 is 0 Å². The highest BCUT2D eigenvalue weighted by Gasteiger charge is 2.40. The van der Waals surface area contributed by atoms with Crippen LogP contribution >= 0.6 is 11.8 Å². The summed E-state index contributed by atoms with van der Waals surface area (Å²) in [6.45, 7) is 5.19. The number of amides is 1. The van der Waals surface area contributed by atoms with E-state index in [-0.39, 0.29) is 11.0 Å². The number of unbranched alkanes of at least 4 members (excludes halogenated alkanes) is 9. The van der Waals surface area contributed by atoms with Crippen molar-refractivity contribution in [1.82, 2.24) is 4.90 Å². The summed E-state index contributed by atoms with van der Waals surface area (Å²) in [6.07, 6.45) is 15.1.